The van der Waals surface area contributed by atoms with Crippen molar-refractivity contribution < 1.29 is 19.2 Å². The van der Waals surface area contributed by atoms with E-state index in [9.17, 15) is 14.9 Å². The highest BCUT2D eigenvalue weighted by Crippen LogP contribution is 2.22. The van der Waals surface area contributed by atoms with E-state index in [0.717, 1.165) is 11.3 Å². The Morgan fingerprint density at radius 2 is 2.11 bits per heavy atom. The van der Waals surface area contributed by atoms with E-state index in [4.69, 9.17) is 4.74 Å². The number of thiazole rings is 1. The van der Waals surface area contributed by atoms with Crippen LogP contribution in [0.3, 0.4) is 0 Å². The van der Waals surface area contributed by atoms with E-state index in [-0.39, 0.29) is 10.6 Å². The van der Waals surface area contributed by atoms with Crippen molar-refractivity contribution in [1.29, 1.82) is 0 Å². The van der Waals surface area contributed by atoms with E-state index in [1.54, 1.807) is 18.2 Å². The zero-order valence-electron chi connectivity index (χ0n) is 9.46. The molecule has 1 unspecified atom stereocenters. The third-order valence-corrected chi connectivity index (χ3v) is 2.84. The van der Waals surface area contributed by atoms with Crippen LogP contribution in [0.5, 0.6) is 5.75 Å². The van der Waals surface area contributed by atoms with E-state index < -0.39 is 17.3 Å². The number of ether oxygens (including phenoxy) is 2. The van der Waals surface area contributed by atoms with Gasteiger partial charge in [0.05, 0.1) is 16.6 Å². The zero-order valence-corrected chi connectivity index (χ0v) is 10.3. The minimum absolute atomic E-state index is 0.218. The van der Waals surface area contributed by atoms with Gasteiger partial charge in [-0.25, -0.2) is 4.79 Å². The smallest absolute Gasteiger partial charge is 0.395 e. The van der Waals surface area contributed by atoms with Gasteiger partial charge in [0.25, 0.3) is 0 Å². The van der Waals surface area contributed by atoms with Crippen LogP contribution in [0.2, 0.25) is 0 Å². The van der Waals surface area contributed by atoms with Crippen LogP contribution in [0.25, 0.3) is 0 Å². The predicted octanol–water partition coefficient (Wildman–Crippen LogP) is 2.63. The number of hydrogen-bond donors (Lipinski definition) is 0. The fourth-order valence-electron chi connectivity index (χ4n) is 1.25. The number of para-hydroxylation sites is 1. The van der Waals surface area contributed by atoms with Crippen molar-refractivity contribution in [2.75, 3.05) is 0 Å². The Balaban J connectivity index is 2.02. The van der Waals surface area contributed by atoms with E-state index >= 15 is 0 Å². The highest BCUT2D eigenvalue weighted by atomic mass is 32.1. The second-order valence-electron chi connectivity index (χ2n) is 3.32. The highest BCUT2D eigenvalue weighted by molar-refractivity contribution is 7.09. The van der Waals surface area contributed by atoms with Crippen molar-refractivity contribution in [3.05, 3.63) is 57.0 Å². The molecule has 0 N–H and O–H groups in total. The number of rotatable bonds is 4. The van der Waals surface area contributed by atoms with E-state index in [1.807, 2.05) is 0 Å². The average Bonchev–Trinajstić information content (AvgIpc) is 2.90. The first-order chi connectivity index (χ1) is 9.16. The van der Waals surface area contributed by atoms with Crippen LogP contribution in [0, 0.1) is 10.1 Å². The van der Waals surface area contributed by atoms with Crippen molar-refractivity contribution in [2.24, 2.45) is 0 Å². The summed E-state index contributed by atoms with van der Waals surface area (Å²) in [5, 5.41) is 10.8. The molecule has 1 aromatic heterocycles. The Kier molecular flexibility index (Phi) is 4.04. The molecule has 0 aliphatic heterocycles. The Hall–Kier alpha value is -2.48. The molecule has 0 amide bonds. The van der Waals surface area contributed by atoms with Crippen molar-refractivity contribution in [2.45, 2.75) is 6.23 Å². The normalized spacial score (nSPS) is 11.6. The summed E-state index contributed by atoms with van der Waals surface area (Å²) in [5.41, 5.74) is 1.41. The second kappa shape index (κ2) is 5.91. The van der Waals surface area contributed by atoms with Crippen molar-refractivity contribution in [3.63, 3.8) is 0 Å². The van der Waals surface area contributed by atoms with Crippen LogP contribution >= 0.6 is 11.3 Å². The third kappa shape index (κ3) is 3.49. The number of nitro groups is 1. The van der Waals surface area contributed by atoms with Gasteiger partial charge in [0.1, 0.15) is 10.6 Å². The summed E-state index contributed by atoms with van der Waals surface area (Å²) in [6.45, 7) is 0. The Labute approximate surface area is 111 Å². The number of nitrogens with zero attached hydrogens (tertiary/aromatic N) is 2. The SMILES string of the molecule is O=C(Oc1ccccc1)OC(c1cncs1)[N+](=O)[O-]. The molecule has 0 aliphatic rings. The molecule has 0 radical (unpaired) electrons. The molecular formula is C11H8N2O5S. The molecule has 2 aromatic rings. The van der Waals surface area contributed by atoms with Gasteiger partial charge >= 0.3 is 12.4 Å². The Morgan fingerprint density at radius 3 is 2.68 bits per heavy atom. The van der Waals surface area contributed by atoms with Crippen molar-refractivity contribution >= 4 is 17.5 Å². The van der Waals surface area contributed by atoms with Crippen LogP contribution in [-0.2, 0) is 4.74 Å². The van der Waals surface area contributed by atoms with Gasteiger partial charge in [-0.2, -0.15) is 0 Å². The summed E-state index contributed by atoms with van der Waals surface area (Å²) in [6, 6.07) is 8.15. The predicted molar refractivity (Wildman–Crippen MR) is 65.4 cm³/mol. The second-order valence-corrected chi connectivity index (χ2v) is 4.24. The molecule has 0 spiro atoms. The van der Waals surface area contributed by atoms with E-state index in [2.05, 4.69) is 9.72 Å². The lowest BCUT2D eigenvalue weighted by Gasteiger charge is -2.08. The van der Waals surface area contributed by atoms with Crippen LogP contribution in [0.15, 0.2) is 42.0 Å². The first-order valence-corrected chi connectivity index (χ1v) is 6.00. The number of aromatic nitrogens is 1. The summed E-state index contributed by atoms with van der Waals surface area (Å²) < 4.78 is 9.48. The van der Waals surface area contributed by atoms with Crippen molar-refractivity contribution in [1.82, 2.24) is 4.98 Å². The fraction of sp³-hybridized carbons (Fsp3) is 0.0909. The Morgan fingerprint density at radius 1 is 1.37 bits per heavy atom. The number of carbonyl (C=O) groups excluding carboxylic acids is 1. The monoisotopic (exact) mass is 280 g/mol. The molecule has 98 valence electrons. The third-order valence-electron chi connectivity index (χ3n) is 2.04. The van der Waals surface area contributed by atoms with E-state index in [0.29, 0.717) is 0 Å². The maximum atomic E-state index is 11.5. The quantitative estimate of drug-likeness (QED) is 0.281. The van der Waals surface area contributed by atoms with Gasteiger partial charge in [0, 0.05) is 0 Å². The standard InChI is InChI=1S/C11H8N2O5S/c14-11(17-8-4-2-1-3-5-8)18-10(13(15)16)9-6-12-7-19-9/h1-7,10H. The van der Waals surface area contributed by atoms with Crippen LogP contribution < -0.4 is 4.74 Å². The van der Waals surface area contributed by atoms with Crippen molar-refractivity contribution in [3.8, 4) is 5.75 Å². The maximum Gasteiger partial charge on any atom is 0.519 e. The maximum absolute atomic E-state index is 11.5. The number of benzene rings is 1. The summed E-state index contributed by atoms with van der Waals surface area (Å²) in [7, 11) is 0. The topological polar surface area (TPSA) is 91.6 Å². The fourth-order valence-corrected chi connectivity index (χ4v) is 1.87. The van der Waals surface area contributed by atoms with Crippen LogP contribution in [0.4, 0.5) is 4.79 Å². The summed E-state index contributed by atoms with van der Waals surface area (Å²) >= 11 is 1.02. The van der Waals surface area contributed by atoms with Crippen LogP contribution in [-0.4, -0.2) is 16.1 Å². The number of carbonyl (C=O) groups is 1. The molecule has 0 bridgehead atoms. The van der Waals surface area contributed by atoms with Gasteiger partial charge in [-0.3, -0.25) is 15.1 Å². The minimum Gasteiger partial charge on any atom is -0.395 e. The van der Waals surface area contributed by atoms with Gasteiger partial charge in [-0.1, -0.05) is 18.2 Å². The lowest BCUT2D eigenvalue weighted by Crippen LogP contribution is -2.20. The van der Waals surface area contributed by atoms with Gasteiger partial charge < -0.3 is 9.47 Å². The summed E-state index contributed by atoms with van der Waals surface area (Å²) in [4.78, 5) is 25.5. The van der Waals surface area contributed by atoms with E-state index in [1.165, 1.54) is 23.8 Å². The zero-order chi connectivity index (χ0) is 13.7. The van der Waals surface area contributed by atoms with Gasteiger partial charge in [-0.05, 0) is 12.1 Å². The molecule has 8 heteroatoms. The largest absolute Gasteiger partial charge is 0.519 e. The molecular weight excluding hydrogens is 272 g/mol. The molecule has 0 saturated carbocycles. The Bertz CT molecular complexity index is 558. The number of hydrogen-bond acceptors (Lipinski definition) is 7. The molecule has 2 rings (SSSR count). The first-order valence-electron chi connectivity index (χ1n) is 5.12. The molecule has 0 aliphatic carbocycles. The highest BCUT2D eigenvalue weighted by Gasteiger charge is 2.30. The molecule has 1 heterocycles. The van der Waals surface area contributed by atoms with Gasteiger partial charge in [0.2, 0.25) is 0 Å². The minimum atomic E-state index is -1.61. The lowest BCUT2D eigenvalue weighted by molar-refractivity contribution is -0.574. The molecule has 1 aromatic carbocycles. The lowest BCUT2D eigenvalue weighted by atomic mass is 10.3. The molecule has 0 fully saturated rings. The summed E-state index contributed by atoms with van der Waals surface area (Å²) in [5.74, 6) is 0.249. The summed E-state index contributed by atoms with van der Waals surface area (Å²) in [6.07, 6.45) is -1.47. The molecule has 19 heavy (non-hydrogen) atoms. The molecule has 0 saturated heterocycles. The first kappa shape index (κ1) is 13.0. The van der Waals surface area contributed by atoms with Gasteiger partial charge in [-0.15, -0.1) is 11.3 Å². The molecule has 1 atom stereocenters. The molecule has 7 nitrogen and oxygen atoms in total. The average molecular weight is 280 g/mol. The van der Waals surface area contributed by atoms with Gasteiger partial charge in [0.15, 0.2) is 0 Å². The van der Waals surface area contributed by atoms with Crippen LogP contribution in [0.1, 0.15) is 11.1 Å².